The molecule has 1 N–H and O–H groups in total. The van der Waals surface area contributed by atoms with Crippen LogP contribution in [0.4, 0.5) is 0 Å². The molecular formula is C22H33N2O8P. The maximum atomic E-state index is 13.5. The molecule has 2 aromatic rings. The number of benzene rings is 1. The van der Waals surface area contributed by atoms with Gasteiger partial charge in [0, 0.05) is 29.1 Å². The molecule has 0 spiro atoms. The van der Waals surface area contributed by atoms with Crippen molar-refractivity contribution in [2.75, 3.05) is 34.2 Å². The van der Waals surface area contributed by atoms with Crippen LogP contribution in [0.1, 0.15) is 38.7 Å². The van der Waals surface area contributed by atoms with Gasteiger partial charge in [0.05, 0.1) is 11.8 Å². The molecule has 1 aromatic heterocycles. The minimum absolute atomic E-state index is 0.0870. The fourth-order valence-corrected chi connectivity index (χ4v) is 3.28. The normalized spacial score (nSPS) is 14.7. The number of carbonyl (C=O) groups is 2. The number of nitrogens with one attached hydrogen (secondary N) is 1. The molecule has 0 aliphatic rings. The molecule has 0 radical (unpaired) electrons. The van der Waals surface area contributed by atoms with Crippen LogP contribution in [-0.2, 0) is 39.0 Å². The Hall–Kier alpha value is -2.39. The molecule has 0 amide bonds. The molecule has 11 heteroatoms. The lowest BCUT2D eigenvalue weighted by Gasteiger charge is -2.20. The quantitative estimate of drug-likeness (QED) is 0.253. The number of phosphoric ester groups is 1. The summed E-state index contributed by atoms with van der Waals surface area (Å²) in [5.74, 6) is -2.40. The SMILES string of the molecule is [2H]C([2H])(c1c[nH]c2cccc(OP(=O)(OCOC(=O)C(C)C)OCOC(=O)C(C)C)c12)C([2H])([2H])N(C)C. The van der Waals surface area contributed by atoms with Gasteiger partial charge < -0.3 is 23.9 Å². The van der Waals surface area contributed by atoms with Gasteiger partial charge in [-0.1, -0.05) is 33.8 Å². The Morgan fingerprint density at radius 2 is 1.64 bits per heavy atom. The average molecular weight is 489 g/mol. The number of hydrogen-bond acceptors (Lipinski definition) is 9. The lowest BCUT2D eigenvalue weighted by Crippen LogP contribution is -2.17. The summed E-state index contributed by atoms with van der Waals surface area (Å²) in [5.41, 5.74) is 0.246. The first-order chi connectivity index (χ1) is 17.0. The molecule has 10 nitrogen and oxygen atoms in total. The Balaban J connectivity index is 2.44. The highest BCUT2D eigenvalue weighted by molar-refractivity contribution is 7.48. The number of likely N-dealkylation sites (N-methyl/N-ethyl adjacent to an activating group) is 1. The molecule has 0 aliphatic heterocycles. The first kappa shape index (κ1) is 21.2. The number of carbonyl (C=O) groups excluding carboxylic acids is 2. The van der Waals surface area contributed by atoms with E-state index in [0.717, 1.165) is 4.90 Å². The van der Waals surface area contributed by atoms with E-state index >= 15 is 0 Å². The molecular weight excluding hydrogens is 451 g/mol. The van der Waals surface area contributed by atoms with Crippen molar-refractivity contribution in [2.24, 2.45) is 11.8 Å². The Morgan fingerprint density at radius 3 is 2.15 bits per heavy atom. The predicted molar refractivity (Wildman–Crippen MR) is 123 cm³/mol. The molecule has 184 valence electrons. The number of hydrogen-bond donors (Lipinski definition) is 1. The van der Waals surface area contributed by atoms with Crippen LogP contribution in [0.5, 0.6) is 5.75 Å². The molecule has 0 unspecified atom stereocenters. The summed E-state index contributed by atoms with van der Waals surface area (Å²) >= 11 is 0. The van der Waals surface area contributed by atoms with E-state index < -0.39 is 58.1 Å². The largest absolute Gasteiger partial charge is 0.535 e. The Kier molecular flexibility index (Phi) is 7.81. The van der Waals surface area contributed by atoms with Gasteiger partial charge in [-0.25, -0.2) is 13.6 Å². The second-order valence-electron chi connectivity index (χ2n) is 7.78. The summed E-state index contributed by atoms with van der Waals surface area (Å²) in [4.78, 5) is 27.5. The third-order valence-electron chi connectivity index (χ3n) is 4.06. The highest BCUT2D eigenvalue weighted by Gasteiger charge is 2.32. The van der Waals surface area contributed by atoms with Crippen molar-refractivity contribution in [3.8, 4) is 5.75 Å². The fourth-order valence-electron chi connectivity index (χ4n) is 2.34. The van der Waals surface area contributed by atoms with E-state index in [4.69, 9.17) is 28.5 Å². The van der Waals surface area contributed by atoms with Crippen molar-refractivity contribution in [1.82, 2.24) is 9.88 Å². The molecule has 2 rings (SSSR count). The van der Waals surface area contributed by atoms with Gasteiger partial charge in [-0.3, -0.25) is 9.59 Å². The van der Waals surface area contributed by atoms with Crippen LogP contribution in [0.15, 0.2) is 24.4 Å². The van der Waals surface area contributed by atoms with Crippen LogP contribution >= 0.6 is 7.82 Å². The predicted octanol–water partition coefficient (Wildman–Crippen LogP) is 4.11. The van der Waals surface area contributed by atoms with Crippen LogP contribution in [-0.4, -0.2) is 56.0 Å². The van der Waals surface area contributed by atoms with Crippen molar-refractivity contribution in [3.05, 3.63) is 30.0 Å². The van der Waals surface area contributed by atoms with E-state index in [1.807, 2.05) is 0 Å². The number of phosphoric acid groups is 1. The van der Waals surface area contributed by atoms with Gasteiger partial charge in [0.2, 0.25) is 13.6 Å². The smallest absolute Gasteiger partial charge is 0.438 e. The van der Waals surface area contributed by atoms with E-state index in [9.17, 15) is 14.2 Å². The van der Waals surface area contributed by atoms with Gasteiger partial charge in [0.25, 0.3) is 0 Å². The summed E-state index contributed by atoms with van der Waals surface area (Å²) in [6, 6.07) is 4.48. The van der Waals surface area contributed by atoms with Crippen LogP contribution in [0.3, 0.4) is 0 Å². The van der Waals surface area contributed by atoms with E-state index in [2.05, 4.69) is 4.98 Å². The monoisotopic (exact) mass is 488 g/mol. The van der Waals surface area contributed by atoms with Crippen molar-refractivity contribution in [1.29, 1.82) is 0 Å². The van der Waals surface area contributed by atoms with Gasteiger partial charge in [-0.05, 0) is 38.2 Å². The number of aryl methyl sites for hydroxylation is 1. The van der Waals surface area contributed by atoms with E-state index in [0.29, 0.717) is 5.52 Å². The second kappa shape index (κ2) is 12.2. The van der Waals surface area contributed by atoms with Crippen LogP contribution in [0, 0.1) is 11.8 Å². The van der Waals surface area contributed by atoms with Crippen LogP contribution in [0.25, 0.3) is 10.9 Å². The zero-order chi connectivity index (χ0) is 28.2. The van der Waals surface area contributed by atoms with E-state index in [1.54, 1.807) is 33.8 Å². The maximum absolute atomic E-state index is 13.5. The highest BCUT2D eigenvalue weighted by Crippen LogP contribution is 2.51. The number of H-pyrrole nitrogens is 1. The van der Waals surface area contributed by atoms with Gasteiger partial charge >= 0.3 is 19.8 Å². The lowest BCUT2D eigenvalue weighted by atomic mass is 10.1. The zero-order valence-electron chi connectivity index (χ0n) is 23.5. The molecule has 0 atom stereocenters. The number of ether oxygens (including phenoxy) is 2. The molecule has 0 bridgehead atoms. The van der Waals surface area contributed by atoms with Crippen LogP contribution < -0.4 is 4.52 Å². The first-order valence-corrected chi connectivity index (χ1v) is 11.7. The van der Waals surface area contributed by atoms with E-state index in [-0.39, 0.29) is 16.7 Å². The topological polar surface area (TPSA) is 116 Å². The molecule has 0 fully saturated rings. The maximum Gasteiger partial charge on any atom is 0.535 e. The number of fused-ring (bicyclic) bond motifs is 1. The number of aromatic nitrogens is 1. The Labute approximate surface area is 199 Å². The molecule has 33 heavy (non-hydrogen) atoms. The molecule has 0 aliphatic carbocycles. The molecule has 0 saturated carbocycles. The highest BCUT2D eigenvalue weighted by atomic mass is 31.2. The van der Waals surface area contributed by atoms with Crippen molar-refractivity contribution < 1.29 is 42.7 Å². The van der Waals surface area contributed by atoms with Gasteiger partial charge in [-0.15, -0.1) is 0 Å². The second-order valence-corrected chi connectivity index (χ2v) is 9.37. The summed E-state index contributed by atoms with van der Waals surface area (Å²) in [5, 5.41) is 0.0870. The Bertz CT molecular complexity index is 1120. The number of rotatable bonds is 13. The minimum atomic E-state index is -4.62. The van der Waals surface area contributed by atoms with Gasteiger partial charge in [0.15, 0.2) is 0 Å². The van der Waals surface area contributed by atoms with Crippen LogP contribution in [0.2, 0.25) is 0 Å². The summed E-state index contributed by atoms with van der Waals surface area (Å²) in [6.07, 6.45) is -1.26. The fraction of sp³-hybridized carbons (Fsp3) is 0.545. The molecule has 1 heterocycles. The third kappa shape index (κ3) is 8.16. The van der Waals surface area contributed by atoms with Crippen molar-refractivity contribution in [2.45, 2.75) is 34.1 Å². The summed E-state index contributed by atoms with van der Waals surface area (Å²) < 4.78 is 72.8. The molecule has 1 aromatic carbocycles. The average Bonchev–Trinajstić information content (AvgIpc) is 3.24. The molecule has 0 saturated heterocycles. The number of esters is 2. The van der Waals surface area contributed by atoms with Gasteiger partial charge in [-0.2, -0.15) is 0 Å². The van der Waals surface area contributed by atoms with E-state index in [1.165, 1.54) is 32.4 Å². The van der Waals surface area contributed by atoms with Crippen molar-refractivity contribution in [3.63, 3.8) is 0 Å². The lowest BCUT2D eigenvalue weighted by molar-refractivity contribution is -0.157. The van der Waals surface area contributed by atoms with Crippen molar-refractivity contribution >= 4 is 30.7 Å². The zero-order valence-corrected chi connectivity index (χ0v) is 20.4. The summed E-state index contributed by atoms with van der Waals surface area (Å²) in [6.45, 7) is 2.33. The first-order valence-electron chi connectivity index (χ1n) is 12.2. The minimum Gasteiger partial charge on any atom is -0.438 e. The Morgan fingerprint density at radius 1 is 1.06 bits per heavy atom. The number of nitrogens with zero attached hydrogens (tertiary/aromatic N) is 1. The summed E-state index contributed by atoms with van der Waals surface area (Å²) in [7, 11) is -1.82. The standard InChI is InChI=1S/C22H33N2O8P/c1-15(2)21(25)28-13-30-33(27,31-14-29-22(26)16(3)4)32-19-9-7-8-18-20(19)17(12-23-18)10-11-24(5)6/h7-9,12,15-16,23H,10-11,13-14H2,1-6H3/i10D2,11D2. The third-order valence-corrected chi connectivity index (χ3v) is 5.32. The number of aromatic amines is 1. The van der Waals surface area contributed by atoms with Gasteiger partial charge in [0.1, 0.15) is 5.75 Å².